The lowest BCUT2D eigenvalue weighted by Gasteiger charge is -2.19. The molecule has 0 radical (unpaired) electrons. The molecule has 0 fully saturated rings. The number of aromatic nitrogens is 1. The summed E-state index contributed by atoms with van der Waals surface area (Å²) >= 11 is 0. The molecule has 6 heteroatoms. The van der Waals surface area contributed by atoms with Crippen molar-refractivity contribution < 1.29 is 17.9 Å². The van der Waals surface area contributed by atoms with Crippen molar-refractivity contribution in [3.05, 3.63) is 18.3 Å². The van der Waals surface area contributed by atoms with Crippen molar-refractivity contribution in [2.45, 2.75) is 26.9 Å². The van der Waals surface area contributed by atoms with E-state index in [0.29, 0.717) is 0 Å². The smallest absolute Gasteiger partial charge is 0.422 e. The summed E-state index contributed by atoms with van der Waals surface area (Å²) in [6.45, 7) is 5.66. The number of alkyl halides is 3. The van der Waals surface area contributed by atoms with E-state index in [1.165, 1.54) is 12.3 Å². The second-order valence-electron chi connectivity index (χ2n) is 5.20. The standard InChI is InChI=1S/C12H17F3N2O/c1-11(2,3)7-17-9-4-5-10(16-6-9)18-8-12(13,14)15/h4-6,17H,7-8H2,1-3H3. The second-order valence-corrected chi connectivity index (χ2v) is 5.20. The highest BCUT2D eigenvalue weighted by molar-refractivity contribution is 5.42. The van der Waals surface area contributed by atoms with Crippen LogP contribution < -0.4 is 10.1 Å². The molecule has 0 unspecified atom stereocenters. The third kappa shape index (κ3) is 6.32. The molecule has 0 aromatic carbocycles. The summed E-state index contributed by atoms with van der Waals surface area (Å²) in [6.07, 6.45) is -2.89. The minimum Gasteiger partial charge on any atom is -0.468 e. The van der Waals surface area contributed by atoms with Crippen molar-refractivity contribution in [3.63, 3.8) is 0 Å². The molecule has 0 saturated carbocycles. The zero-order chi connectivity index (χ0) is 13.8. The van der Waals surface area contributed by atoms with E-state index in [1.54, 1.807) is 6.07 Å². The first kappa shape index (κ1) is 14.6. The van der Waals surface area contributed by atoms with E-state index < -0.39 is 12.8 Å². The van der Waals surface area contributed by atoms with Gasteiger partial charge in [0, 0.05) is 12.6 Å². The molecular weight excluding hydrogens is 245 g/mol. The van der Waals surface area contributed by atoms with Crippen LogP contribution >= 0.6 is 0 Å². The molecule has 1 N–H and O–H groups in total. The highest BCUT2D eigenvalue weighted by atomic mass is 19.4. The molecule has 0 saturated heterocycles. The maximum atomic E-state index is 11.9. The lowest BCUT2D eigenvalue weighted by Crippen LogP contribution is -2.20. The lowest BCUT2D eigenvalue weighted by atomic mass is 9.97. The maximum absolute atomic E-state index is 11.9. The molecule has 1 rings (SSSR count). The fraction of sp³-hybridized carbons (Fsp3) is 0.583. The fourth-order valence-corrected chi connectivity index (χ4v) is 1.09. The number of halogens is 3. The molecule has 0 atom stereocenters. The van der Waals surface area contributed by atoms with Crippen molar-refractivity contribution in [2.75, 3.05) is 18.5 Å². The Labute approximate surface area is 104 Å². The Morgan fingerprint density at radius 2 is 1.89 bits per heavy atom. The summed E-state index contributed by atoms with van der Waals surface area (Å²) in [5.74, 6) is -0.0337. The Morgan fingerprint density at radius 3 is 2.33 bits per heavy atom. The van der Waals surface area contributed by atoms with E-state index in [9.17, 15) is 13.2 Å². The molecule has 0 bridgehead atoms. The average Bonchev–Trinajstić information content (AvgIpc) is 2.23. The average molecular weight is 262 g/mol. The summed E-state index contributed by atoms with van der Waals surface area (Å²) < 4.78 is 40.2. The molecule has 0 amide bonds. The normalized spacial score (nSPS) is 12.3. The molecule has 0 aliphatic heterocycles. The molecule has 1 aromatic heterocycles. The largest absolute Gasteiger partial charge is 0.468 e. The Hall–Kier alpha value is -1.46. The highest BCUT2D eigenvalue weighted by Crippen LogP contribution is 2.19. The van der Waals surface area contributed by atoms with Gasteiger partial charge in [0.25, 0.3) is 0 Å². The number of anilines is 1. The lowest BCUT2D eigenvalue weighted by molar-refractivity contribution is -0.154. The van der Waals surface area contributed by atoms with Gasteiger partial charge in [-0.2, -0.15) is 13.2 Å². The molecule has 0 spiro atoms. The predicted octanol–water partition coefficient (Wildman–Crippen LogP) is 3.48. The quantitative estimate of drug-likeness (QED) is 0.902. The zero-order valence-electron chi connectivity index (χ0n) is 10.6. The first-order valence-corrected chi connectivity index (χ1v) is 5.55. The Balaban J connectivity index is 2.48. The zero-order valence-corrected chi connectivity index (χ0v) is 10.6. The Kier molecular flexibility index (Phi) is 4.43. The van der Waals surface area contributed by atoms with Gasteiger partial charge in [-0.05, 0) is 11.5 Å². The van der Waals surface area contributed by atoms with Gasteiger partial charge in [0.2, 0.25) is 5.88 Å². The highest BCUT2D eigenvalue weighted by Gasteiger charge is 2.28. The van der Waals surface area contributed by atoms with Gasteiger partial charge in [-0.3, -0.25) is 0 Å². The maximum Gasteiger partial charge on any atom is 0.422 e. The monoisotopic (exact) mass is 262 g/mol. The van der Waals surface area contributed by atoms with Gasteiger partial charge in [0.05, 0.1) is 11.9 Å². The number of rotatable bonds is 4. The van der Waals surface area contributed by atoms with Crippen LogP contribution in [0.1, 0.15) is 20.8 Å². The summed E-state index contributed by atoms with van der Waals surface area (Å²) in [5, 5.41) is 3.14. The van der Waals surface area contributed by atoms with Gasteiger partial charge in [-0.1, -0.05) is 20.8 Å². The van der Waals surface area contributed by atoms with E-state index in [1.807, 2.05) is 0 Å². The third-order valence-corrected chi connectivity index (χ3v) is 1.94. The van der Waals surface area contributed by atoms with Gasteiger partial charge in [0.1, 0.15) is 0 Å². The van der Waals surface area contributed by atoms with Crippen LogP contribution in [0.5, 0.6) is 5.88 Å². The summed E-state index contributed by atoms with van der Waals surface area (Å²) in [7, 11) is 0. The molecule has 1 heterocycles. The van der Waals surface area contributed by atoms with E-state index >= 15 is 0 Å². The van der Waals surface area contributed by atoms with Crippen molar-refractivity contribution in [1.29, 1.82) is 0 Å². The van der Waals surface area contributed by atoms with Gasteiger partial charge < -0.3 is 10.1 Å². The molecule has 0 aliphatic carbocycles. The van der Waals surface area contributed by atoms with Crippen LogP contribution in [0.3, 0.4) is 0 Å². The second kappa shape index (κ2) is 5.46. The van der Waals surface area contributed by atoms with Crippen molar-refractivity contribution in [2.24, 2.45) is 5.41 Å². The number of nitrogens with one attached hydrogen (secondary N) is 1. The molecule has 0 aliphatic rings. The number of hydrogen-bond donors (Lipinski definition) is 1. The van der Waals surface area contributed by atoms with Crippen molar-refractivity contribution in [3.8, 4) is 5.88 Å². The van der Waals surface area contributed by atoms with E-state index in [4.69, 9.17) is 0 Å². The number of hydrogen-bond acceptors (Lipinski definition) is 3. The van der Waals surface area contributed by atoms with Crippen LogP contribution in [-0.2, 0) is 0 Å². The summed E-state index contributed by atoms with van der Waals surface area (Å²) in [4.78, 5) is 3.80. The first-order chi connectivity index (χ1) is 8.16. The SMILES string of the molecule is CC(C)(C)CNc1ccc(OCC(F)(F)F)nc1. The van der Waals surface area contributed by atoms with Crippen LogP contribution in [0.15, 0.2) is 18.3 Å². The number of nitrogens with zero attached hydrogens (tertiary/aromatic N) is 1. The van der Waals surface area contributed by atoms with E-state index in [2.05, 4.69) is 35.8 Å². The van der Waals surface area contributed by atoms with Crippen LogP contribution in [0.25, 0.3) is 0 Å². The van der Waals surface area contributed by atoms with Crippen molar-refractivity contribution in [1.82, 2.24) is 4.98 Å². The predicted molar refractivity (Wildman–Crippen MR) is 63.7 cm³/mol. The van der Waals surface area contributed by atoms with Gasteiger partial charge in [0.15, 0.2) is 6.61 Å². The van der Waals surface area contributed by atoms with Crippen LogP contribution in [0.4, 0.5) is 18.9 Å². The van der Waals surface area contributed by atoms with Crippen LogP contribution in [-0.4, -0.2) is 24.3 Å². The summed E-state index contributed by atoms with van der Waals surface area (Å²) in [6, 6.07) is 3.06. The van der Waals surface area contributed by atoms with Crippen LogP contribution in [0, 0.1) is 5.41 Å². The fourth-order valence-electron chi connectivity index (χ4n) is 1.09. The van der Waals surface area contributed by atoms with Gasteiger partial charge in [-0.25, -0.2) is 4.98 Å². The topological polar surface area (TPSA) is 34.1 Å². The van der Waals surface area contributed by atoms with Crippen LogP contribution in [0.2, 0.25) is 0 Å². The molecular formula is C12H17F3N2O. The van der Waals surface area contributed by atoms with Gasteiger partial charge >= 0.3 is 6.18 Å². The van der Waals surface area contributed by atoms with E-state index in [0.717, 1.165) is 12.2 Å². The first-order valence-electron chi connectivity index (χ1n) is 5.55. The Morgan fingerprint density at radius 1 is 1.22 bits per heavy atom. The number of ether oxygens (including phenoxy) is 1. The Bertz CT molecular complexity index is 331. The molecule has 102 valence electrons. The van der Waals surface area contributed by atoms with Crippen molar-refractivity contribution >= 4 is 5.69 Å². The van der Waals surface area contributed by atoms with E-state index in [-0.39, 0.29) is 11.3 Å². The summed E-state index contributed by atoms with van der Waals surface area (Å²) in [5.41, 5.74) is 0.870. The minimum absolute atomic E-state index is 0.0337. The molecule has 3 nitrogen and oxygen atoms in total. The molecule has 18 heavy (non-hydrogen) atoms. The minimum atomic E-state index is -4.34. The third-order valence-electron chi connectivity index (χ3n) is 1.94. The molecule has 1 aromatic rings. The number of pyridine rings is 1. The van der Waals surface area contributed by atoms with Gasteiger partial charge in [-0.15, -0.1) is 0 Å².